The first-order valence-electron chi connectivity index (χ1n) is 8.45. The average molecular weight is 421 g/mol. The largest absolute Gasteiger partial charge is 0.480 e. The average Bonchev–Trinajstić information content (AvgIpc) is 2.63. The Hall–Kier alpha value is -1.20. The van der Waals surface area contributed by atoms with Crippen molar-refractivity contribution in [1.29, 1.82) is 0 Å². The lowest BCUT2D eigenvalue weighted by Gasteiger charge is -2.36. The minimum absolute atomic E-state index is 0. The van der Waals surface area contributed by atoms with Crippen LogP contribution in [0, 0.1) is 0 Å². The van der Waals surface area contributed by atoms with Crippen LogP contribution in [0.1, 0.15) is 25.5 Å². The molecule has 1 aromatic heterocycles. The number of rotatable bonds is 6. The normalized spacial score (nSPS) is 15.0. The van der Waals surface area contributed by atoms with Crippen LogP contribution in [-0.4, -0.2) is 42.6 Å². The number of aromatic nitrogens is 1. The molecule has 2 aromatic rings. The SMILES string of the molecule is CCN(CC)CCN1CC(c2ccccc2)Oc2cccnc21.Cl.Cl.Cl. The van der Waals surface area contributed by atoms with Gasteiger partial charge in [0.25, 0.3) is 0 Å². The summed E-state index contributed by atoms with van der Waals surface area (Å²) < 4.78 is 6.19. The van der Waals surface area contributed by atoms with E-state index in [1.54, 1.807) is 0 Å². The van der Waals surface area contributed by atoms with E-state index in [4.69, 9.17) is 4.74 Å². The third-order valence-electron chi connectivity index (χ3n) is 4.46. The Kier molecular flexibility index (Phi) is 11.7. The highest BCUT2D eigenvalue weighted by molar-refractivity contribution is 5.86. The van der Waals surface area contributed by atoms with Gasteiger partial charge in [-0.15, -0.1) is 37.2 Å². The van der Waals surface area contributed by atoms with Crippen molar-refractivity contribution in [2.75, 3.05) is 37.6 Å². The van der Waals surface area contributed by atoms with E-state index < -0.39 is 0 Å². The number of benzene rings is 1. The van der Waals surface area contributed by atoms with Crippen molar-refractivity contribution in [3.05, 3.63) is 54.2 Å². The molecule has 0 N–H and O–H groups in total. The molecular weight excluding hydrogens is 393 g/mol. The summed E-state index contributed by atoms with van der Waals surface area (Å²) >= 11 is 0. The Morgan fingerprint density at radius 2 is 1.73 bits per heavy atom. The number of fused-ring (bicyclic) bond motifs is 1. The molecule has 0 radical (unpaired) electrons. The van der Waals surface area contributed by atoms with Crippen molar-refractivity contribution in [1.82, 2.24) is 9.88 Å². The summed E-state index contributed by atoms with van der Waals surface area (Å²) in [4.78, 5) is 9.34. The highest BCUT2D eigenvalue weighted by atomic mass is 35.5. The molecule has 0 saturated heterocycles. The van der Waals surface area contributed by atoms with Crippen molar-refractivity contribution in [2.24, 2.45) is 0 Å². The first-order chi connectivity index (χ1) is 11.3. The second kappa shape index (κ2) is 12.2. The zero-order valence-corrected chi connectivity index (χ0v) is 17.7. The molecule has 26 heavy (non-hydrogen) atoms. The van der Waals surface area contributed by atoms with E-state index in [1.165, 1.54) is 5.56 Å². The minimum atomic E-state index is 0. The molecule has 7 heteroatoms. The molecule has 1 unspecified atom stereocenters. The number of ether oxygens (including phenoxy) is 1. The maximum absolute atomic E-state index is 6.19. The molecule has 0 aliphatic carbocycles. The fourth-order valence-electron chi connectivity index (χ4n) is 3.03. The van der Waals surface area contributed by atoms with Gasteiger partial charge in [-0.2, -0.15) is 0 Å². The lowest BCUT2D eigenvalue weighted by molar-refractivity contribution is 0.192. The lowest BCUT2D eigenvalue weighted by atomic mass is 10.1. The van der Waals surface area contributed by atoms with Crippen molar-refractivity contribution in [2.45, 2.75) is 20.0 Å². The van der Waals surface area contributed by atoms with Gasteiger partial charge in [0.05, 0.1) is 6.54 Å². The first kappa shape index (κ1) is 24.8. The van der Waals surface area contributed by atoms with Gasteiger partial charge in [-0.3, -0.25) is 0 Å². The van der Waals surface area contributed by atoms with Crippen LogP contribution < -0.4 is 9.64 Å². The quantitative estimate of drug-likeness (QED) is 0.681. The monoisotopic (exact) mass is 419 g/mol. The molecule has 1 aliphatic heterocycles. The van der Waals surface area contributed by atoms with Gasteiger partial charge < -0.3 is 14.5 Å². The number of hydrogen-bond donors (Lipinski definition) is 0. The fourth-order valence-corrected chi connectivity index (χ4v) is 3.03. The van der Waals surface area contributed by atoms with Crippen LogP contribution in [0.2, 0.25) is 0 Å². The Morgan fingerprint density at radius 3 is 2.38 bits per heavy atom. The van der Waals surface area contributed by atoms with E-state index >= 15 is 0 Å². The lowest BCUT2D eigenvalue weighted by Crippen LogP contribution is -2.41. The highest BCUT2D eigenvalue weighted by Crippen LogP contribution is 2.35. The molecule has 1 atom stereocenters. The number of hydrogen-bond acceptors (Lipinski definition) is 4. The molecule has 4 nitrogen and oxygen atoms in total. The van der Waals surface area contributed by atoms with Gasteiger partial charge in [0.1, 0.15) is 6.10 Å². The summed E-state index contributed by atoms with van der Waals surface area (Å²) in [5.41, 5.74) is 1.22. The summed E-state index contributed by atoms with van der Waals surface area (Å²) in [5.74, 6) is 1.85. The molecule has 0 saturated carbocycles. The summed E-state index contributed by atoms with van der Waals surface area (Å²) in [6, 6.07) is 14.4. The zero-order chi connectivity index (χ0) is 16.1. The highest BCUT2D eigenvalue weighted by Gasteiger charge is 2.27. The molecule has 146 valence electrons. The summed E-state index contributed by atoms with van der Waals surface area (Å²) in [5, 5.41) is 0. The van der Waals surface area contributed by atoms with Crippen LogP contribution in [0.5, 0.6) is 5.75 Å². The van der Waals surface area contributed by atoms with Gasteiger partial charge in [-0.25, -0.2) is 4.98 Å². The topological polar surface area (TPSA) is 28.6 Å². The molecular formula is C19H28Cl3N3O. The summed E-state index contributed by atoms with van der Waals surface area (Å²) in [6.07, 6.45) is 1.90. The van der Waals surface area contributed by atoms with E-state index in [0.717, 1.165) is 44.3 Å². The van der Waals surface area contributed by atoms with Gasteiger partial charge in [-0.05, 0) is 30.8 Å². The Bertz CT molecular complexity index is 626. The van der Waals surface area contributed by atoms with Gasteiger partial charge in [0, 0.05) is 19.3 Å². The van der Waals surface area contributed by atoms with Crippen molar-refractivity contribution in [3.8, 4) is 5.75 Å². The van der Waals surface area contributed by atoms with E-state index in [1.807, 2.05) is 24.4 Å². The van der Waals surface area contributed by atoms with E-state index in [2.05, 4.69) is 52.9 Å². The molecule has 2 heterocycles. The van der Waals surface area contributed by atoms with Crippen LogP contribution in [0.4, 0.5) is 5.82 Å². The molecule has 0 bridgehead atoms. The van der Waals surface area contributed by atoms with Crippen molar-refractivity contribution < 1.29 is 4.74 Å². The van der Waals surface area contributed by atoms with Crippen LogP contribution in [0.15, 0.2) is 48.7 Å². The van der Waals surface area contributed by atoms with E-state index in [0.29, 0.717) is 0 Å². The fraction of sp³-hybridized carbons (Fsp3) is 0.421. The van der Waals surface area contributed by atoms with Gasteiger partial charge in [0.15, 0.2) is 11.6 Å². The molecule has 1 aliphatic rings. The van der Waals surface area contributed by atoms with Gasteiger partial charge >= 0.3 is 0 Å². The molecule has 0 fully saturated rings. The molecule has 0 amide bonds. The summed E-state index contributed by atoms with van der Waals surface area (Å²) in [6.45, 7) is 9.44. The van der Waals surface area contributed by atoms with Crippen LogP contribution in [0.3, 0.4) is 0 Å². The first-order valence-corrected chi connectivity index (χ1v) is 8.45. The maximum atomic E-state index is 6.19. The number of halogens is 3. The van der Waals surface area contributed by atoms with E-state index in [-0.39, 0.29) is 43.3 Å². The maximum Gasteiger partial charge on any atom is 0.171 e. The second-order valence-corrected chi connectivity index (χ2v) is 5.82. The van der Waals surface area contributed by atoms with Gasteiger partial charge in [-0.1, -0.05) is 44.2 Å². The number of anilines is 1. The smallest absolute Gasteiger partial charge is 0.171 e. The predicted octanol–water partition coefficient (Wildman–Crippen LogP) is 4.63. The Morgan fingerprint density at radius 1 is 1.04 bits per heavy atom. The van der Waals surface area contributed by atoms with Crippen molar-refractivity contribution in [3.63, 3.8) is 0 Å². The van der Waals surface area contributed by atoms with Crippen molar-refractivity contribution >= 4 is 43.0 Å². The number of nitrogens with zero attached hydrogens (tertiary/aromatic N) is 3. The third kappa shape index (κ3) is 5.92. The van der Waals surface area contributed by atoms with Crippen LogP contribution in [-0.2, 0) is 0 Å². The Labute approximate surface area is 175 Å². The Balaban J connectivity index is 0.00000208. The third-order valence-corrected chi connectivity index (χ3v) is 4.46. The van der Waals surface area contributed by atoms with E-state index in [9.17, 15) is 0 Å². The van der Waals surface area contributed by atoms with Crippen LogP contribution >= 0.6 is 37.2 Å². The molecule has 3 rings (SSSR count). The molecule has 0 spiro atoms. The molecule has 1 aromatic carbocycles. The number of pyridine rings is 1. The predicted molar refractivity (Wildman–Crippen MR) is 116 cm³/mol. The number of likely N-dealkylation sites (N-methyl/N-ethyl adjacent to an activating group) is 1. The van der Waals surface area contributed by atoms with Crippen LogP contribution in [0.25, 0.3) is 0 Å². The minimum Gasteiger partial charge on any atom is -0.480 e. The summed E-state index contributed by atoms with van der Waals surface area (Å²) in [7, 11) is 0. The zero-order valence-electron chi connectivity index (χ0n) is 15.2. The standard InChI is InChI=1S/C19H25N3O.3ClH/c1-3-21(4-2)13-14-22-15-18(16-9-6-5-7-10-16)23-17-11-8-12-20-19(17)22;;;/h5-12,18H,3-4,13-15H2,1-2H3;3*1H. The van der Waals surface area contributed by atoms with Gasteiger partial charge in [0.2, 0.25) is 0 Å². The second-order valence-electron chi connectivity index (χ2n) is 5.82.